The molecule has 0 radical (unpaired) electrons. The van der Waals surface area contributed by atoms with Crippen LogP contribution in [0.3, 0.4) is 0 Å². The molecule has 0 bridgehead atoms. The van der Waals surface area contributed by atoms with Crippen molar-refractivity contribution in [2.24, 2.45) is 0 Å². The summed E-state index contributed by atoms with van der Waals surface area (Å²) in [5, 5.41) is 11.9. The van der Waals surface area contributed by atoms with E-state index >= 15 is 0 Å². The van der Waals surface area contributed by atoms with Crippen molar-refractivity contribution in [2.45, 2.75) is 13.1 Å². The van der Waals surface area contributed by atoms with Crippen LogP contribution in [0.4, 0.5) is 24.5 Å². The number of nitriles is 1. The van der Waals surface area contributed by atoms with Gasteiger partial charge in [0, 0.05) is 0 Å². The molecule has 6 heteroatoms. The van der Waals surface area contributed by atoms with Crippen LogP contribution in [0.5, 0.6) is 0 Å². The molecule has 0 aliphatic heterocycles. The molecular formula is C15H10ClF3N2. The molecule has 2 aromatic rings. The highest BCUT2D eigenvalue weighted by atomic mass is 35.5. The third-order valence-corrected chi connectivity index (χ3v) is 3.26. The van der Waals surface area contributed by atoms with Crippen molar-refractivity contribution in [3.8, 4) is 6.07 Å². The monoisotopic (exact) mass is 310 g/mol. The smallest absolute Gasteiger partial charge is 0.353 e. The fourth-order valence-corrected chi connectivity index (χ4v) is 2.08. The lowest BCUT2D eigenvalue weighted by atomic mass is 10.1. The highest BCUT2D eigenvalue weighted by molar-refractivity contribution is 6.33. The van der Waals surface area contributed by atoms with Gasteiger partial charge in [-0.2, -0.15) is 18.4 Å². The summed E-state index contributed by atoms with van der Waals surface area (Å²) in [5.74, 6) is 0. The molecule has 1 N–H and O–H groups in total. The van der Waals surface area contributed by atoms with Gasteiger partial charge < -0.3 is 5.32 Å². The Hall–Kier alpha value is -2.19. The van der Waals surface area contributed by atoms with Crippen LogP contribution >= 0.6 is 11.6 Å². The summed E-state index contributed by atoms with van der Waals surface area (Å²) >= 11 is 5.89. The maximum absolute atomic E-state index is 12.6. The largest absolute Gasteiger partial charge is 0.416 e. The van der Waals surface area contributed by atoms with Crippen molar-refractivity contribution in [3.05, 3.63) is 58.1 Å². The second kappa shape index (κ2) is 5.66. The lowest BCUT2D eigenvalue weighted by Crippen LogP contribution is -2.05. The minimum Gasteiger partial charge on any atom is -0.353 e. The average molecular weight is 311 g/mol. The van der Waals surface area contributed by atoms with Crippen molar-refractivity contribution < 1.29 is 13.2 Å². The first-order valence-corrected chi connectivity index (χ1v) is 6.34. The third kappa shape index (κ3) is 3.29. The van der Waals surface area contributed by atoms with Crippen molar-refractivity contribution in [3.63, 3.8) is 0 Å². The molecule has 0 spiro atoms. The van der Waals surface area contributed by atoms with Crippen molar-refractivity contribution in [1.82, 2.24) is 0 Å². The zero-order valence-electron chi connectivity index (χ0n) is 10.9. The number of benzene rings is 2. The SMILES string of the molecule is Cc1cccc(C#N)c1Nc1ccc(C(F)(F)F)cc1Cl. The number of para-hydroxylation sites is 1. The van der Waals surface area contributed by atoms with Gasteiger partial charge in [0.05, 0.1) is 27.5 Å². The predicted molar refractivity (Wildman–Crippen MR) is 75.6 cm³/mol. The average Bonchev–Trinajstić information content (AvgIpc) is 2.41. The summed E-state index contributed by atoms with van der Waals surface area (Å²) in [6, 6.07) is 10.2. The van der Waals surface area contributed by atoms with Gasteiger partial charge in [0.1, 0.15) is 6.07 Å². The first-order valence-electron chi connectivity index (χ1n) is 5.96. The van der Waals surface area contributed by atoms with Gasteiger partial charge in [-0.15, -0.1) is 0 Å². The van der Waals surface area contributed by atoms with Gasteiger partial charge in [0.15, 0.2) is 0 Å². The Labute approximate surface area is 124 Å². The number of rotatable bonds is 2. The van der Waals surface area contributed by atoms with E-state index in [4.69, 9.17) is 16.9 Å². The molecule has 0 fully saturated rings. The lowest BCUT2D eigenvalue weighted by molar-refractivity contribution is -0.137. The second-order valence-corrected chi connectivity index (χ2v) is 4.83. The molecule has 0 amide bonds. The molecule has 2 aromatic carbocycles. The van der Waals surface area contributed by atoms with E-state index in [0.717, 1.165) is 17.7 Å². The number of halogens is 4. The van der Waals surface area contributed by atoms with E-state index in [1.807, 2.05) is 6.07 Å². The summed E-state index contributed by atoms with van der Waals surface area (Å²) in [6.45, 7) is 1.79. The van der Waals surface area contributed by atoms with E-state index < -0.39 is 11.7 Å². The Bertz CT molecular complexity index is 718. The number of hydrogen-bond acceptors (Lipinski definition) is 2. The number of aryl methyl sites for hydroxylation is 1. The molecule has 0 saturated carbocycles. The highest BCUT2D eigenvalue weighted by Crippen LogP contribution is 2.35. The minimum absolute atomic E-state index is 0.0584. The first kappa shape index (κ1) is 15.2. The van der Waals surface area contributed by atoms with Gasteiger partial charge in [-0.1, -0.05) is 23.7 Å². The standard InChI is InChI=1S/C15H10ClF3N2/c1-9-3-2-4-10(8-20)14(9)21-13-6-5-11(7-12(13)16)15(17,18)19/h2-7,21H,1H3. The molecule has 108 valence electrons. The Morgan fingerprint density at radius 1 is 1.19 bits per heavy atom. The van der Waals surface area contributed by atoms with Gasteiger partial charge in [0.25, 0.3) is 0 Å². The van der Waals surface area contributed by atoms with E-state index in [9.17, 15) is 13.2 Å². The lowest BCUT2D eigenvalue weighted by Gasteiger charge is -2.14. The molecule has 0 atom stereocenters. The van der Waals surface area contributed by atoms with Crippen LogP contribution in [-0.4, -0.2) is 0 Å². The van der Waals surface area contributed by atoms with Crippen LogP contribution in [0.2, 0.25) is 5.02 Å². The van der Waals surface area contributed by atoms with Crippen LogP contribution in [0.25, 0.3) is 0 Å². The maximum Gasteiger partial charge on any atom is 0.416 e. The molecule has 0 heterocycles. The Morgan fingerprint density at radius 3 is 2.48 bits per heavy atom. The summed E-state index contributed by atoms with van der Waals surface area (Å²) < 4.78 is 37.8. The van der Waals surface area contributed by atoms with Crippen molar-refractivity contribution in [1.29, 1.82) is 5.26 Å². The maximum atomic E-state index is 12.6. The fourth-order valence-electron chi connectivity index (χ4n) is 1.85. The number of anilines is 2. The van der Waals surface area contributed by atoms with E-state index in [2.05, 4.69) is 5.32 Å². The van der Waals surface area contributed by atoms with Crippen LogP contribution in [0, 0.1) is 18.3 Å². The zero-order chi connectivity index (χ0) is 15.6. The first-order chi connectivity index (χ1) is 9.82. The van der Waals surface area contributed by atoms with E-state index in [-0.39, 0.29) is 5.02 Å². The van der Waals surface area contributed by atoms with Gasteiger partial charge >= 0.3 is 6.18 Å². The topological polar surface area (TPSA) is 35.8 Å². The summed E-state index contributed by atoms with van der Waals surface area (Å²) in [4.78, 5) is 0. The summed E-state index contributed by atoms with van der Waals surface area (Å²) in [7, 11) is 0. The number of hydrogen-bond donors (Lipinski definition) is 1. The van der Waals surface area contributed by atoms with Crippen molar-refractivity contribution >= 4 is 23.0 Å². The fraction of sp³-hybridized carbons (Fsp3) is 0.133. The predicted octanol–water partition coefficient (Wildman–Crippen LogP) is 5.28. The highest BCUT2D eigenvalue weighted by Gasteiger charge is 2.30. The molecular weight excluding hydrogens is 301 g/mol. The Kier molecular flexibility index (Phi) is 4.10. The van der Waals surface area contributed by atoms with Gasteiger partial charge in [0.2, 0.25) is 0 Å². The molecule has 0 aromatic heterocycles. The quantitative estimate of drug-likeness (QED) is 0.819. The normalized spacial score (nSPS) is 11.0. The van der Waals surface area contributed by atoms with Gasteiger partial charge in [-0.25, -0.2) is 0 Å². The number of nitrogens with zero attached hydrogens (tertiary/aromatic N) is 1. The molecule has 21 heavy (non-hydrogen) atoms. The molecule has 0 unspecified atom stereocenters. The number of nitrogens with one attached hydrogen (secondary N) is 1. The summed E-state index contributed by atoms with van der Waals surface area (Å²) in [6.07, 6.45) is -4.44. The second-order valence-electron chi connectivity index (χ2n) is 4.43. The minimum atomic E-state index is -4.44. The van der Waals surface area contributed by atoms with Crippen LogP contribution in [0.15, 0.2) is 36.4 Å². The molecule has 2 rings (SSSR count). The Morgan fingerprint density at radius 2 is 1.90 bits per heavy atom. The number of alkyl halides is 3. The van der Waals surface area contributed by atoms with Gasteiger partial charge in [-0.05, 0) is 36.8 Å². The van der Waals surface area contributed by atoms with Crippen molar-refractivity contribution in [2.75, 3.05) is 5.32 Å². The molecule has 2 nitrogen and oxygen atoms in total. The van der Waals surface area contributed by atoms with Gasteiger partial charge in [-0.3, -0.25) is 0 Å². The van der Waals surface area contributed by atoms with Crippen LogP contribution in [-0.2, 0) is 6.18 Å². The van der Waals surface area contributed by atoms with Crippen LogP contribution < -0.4 is 5.32 Å². The summed E-state index contributed by atoms with van der Waals surface area (Å²) in [5.41, 5.74) is 1.22. The van der Waals surface area contributed by atoms with E-state index in [0.29, 0.717) is 16.9 Å². The Balaban J connectivity index is 2.40. The van der Waals surface area contributed by atoms with Crippen LogP contribution in [0.1, 0.15) is 16.7 Å². The van der Waals surface area contributed by atoms with E-state index in [1.54, 1.807) is 25.1 Å². The zero-order valence-corrected chi connectivity index (χ0v) is 11.7. The third-order valence-electron chi connectivity index (χ3n) is 2.95. The molecule has 0 aliphatic rings. The molecule has 0 saturated heterocycles. The molecule has 0 aliphatic carbocycles. The van der Waals surface area contributed by atoms with E-state index in [1.165, 1.54) is 6.07 Å².